The molecule has 0 aromatic heterocycles. The maximum absolute atomic E-state index is 13.4. The van der Waals surface area contributed by atoms with Gasteiger partial charge in [0.25, 0.3) is 0 Å². The number of allylic oxidation sites excluding steroid dienone is 2. The number of ketones is 1. The van der Waals surface area contributed by atoms with E-state index < -0.39 is 15.4 Å². The largest absolute Gasteiger partial charge is 0.290 e. The average molecular weight is 486 g/mol. The molecule has 1 spiro atoms. The van der Waals surface area contributed by atoms with E-state index in [-0.39, 0.29) is 28.0 Å². The number of carbonyl (C=O) groups excluding carboxylic acids is 1. The van der Waals surface area contributed by atoms with Gasteiger partial charge in [0.05, 0.1) is 4.90 Å². The second-order valence-corrected chi connectivity index (χ2v) is 11.3. The third-order valence-corrected chi connectivity index (χ3v) is 8.71. The summed E-state index contributed by atoms with van der Waals surface area (Å²) in [5, 5.41) is 0. The van der Waals surface area contributed by atoms with E-state index in [0.717, 1.165) is 16.7 Å². The minimum Gasteiger partial charge on any atom is -0.290 e. The van der Waals surface area contributed by atoms with Crippen molar-refractivity contribution < 1.29 is 13.2 Å². The van der Waals surface area contributed by atoms with Crippen LogP contribution in [-0.4, -0.2) is 36.4 Å². The van der Waals surface area contributed by atoms with Crippen molar-refractivity contribution in [3.05, 3.63) is 89.5 Å². The minimum absolute atomic E-state index is 0.00349. The van der Waals surface area contributed by atoms with Gasteiger partial charge in [0.1, 0.15) is 0 Å². The number of benzene rings is 2. The van der Waals surface area contributed by atoms with Crippen molar-refractivity contribution in [3.63, 3.8) is 0 Å². The SMILES string of the molecule is Cc1ccc(S(=O)(=O)N2C[C@@H](Br)[C@H](c3ccccc3C)C3(C=CC(=O)C=C3)C2)cc1. The standard InChI is InChI=1S/C24H24BrNO3S/c1-17-7-9-20(10-8-17)30(28,29)26-15-22(25)23(21-6-4-3-5-18(21)2)24(16-26)13-11-19(27)12-14-24/h3-14,22-23H,15-16H2,1-2H3/t22-,23+/m1/s1. The molecule has 4 rings (SSSR count). The molecule has 6 heteroatoms. The van der Waals surface area contributed by atoms with Crippen LogP contribution in [0.1, 0.15) is 22.6 Å². The van der Waals surface area contributed by atoms with Gasteiger partial charge in [0.2, 0.25) is 10.0 Å². The molecule has 4 nitrogen and oxygen atoms in total. The van der Waals surface area contributed by atoms with Crippen molar-refractivity contribution in [2.24, 2.45) is 5.41 Å². The number of alkyl halides is 1. The van der Waals surface area contributed by atoms with Gasteiger partial charge in [0.15, 0.2) is 5.78 Å². The fourth-order valence-electron chi connectivity index (χ4n) is 4.47. The summed E-state index contributed by atoms with van der Waals surface area (Å²) < 4.78 is 28.4. The van der Waals surface area contributed by atoms with Crippen molar-refractivity contribution in [2.45, 2.75) is 29.5 Å². The number of halogens is 1. The molecule has 30 heavy (non-hydrogen) atoms. The highest BCUT2D eigenvalue weighted by Crippen LogP contribution is 2.50. The molecule has 2 aliphatic rings. The third kappa shape index (κ3) is 3.72. The zero-order valence-electron chi connectivity index (χ0n) is 17.0. The zero-order valence-corrected chi connectivity index (χ0v) is 19.4. The molecule has 1 aliphatic carbocycles. The van der Waals surface area contributed by atoms with E-state index in [2.05, 4.69) is 35.0 Å². The van der Waals surface area contributed by atoms with Crippen LogP contribution in [0.25, 0.3) is 0 Å². The van der Waals surface area contributed by atoms with E-state index in [4.69, 9.17) is 0 Å². The Hall–Kier alpha value is -2.02. The molecule has 2 aromatic rings. The minimum atomic E-state index is -3.67. The normalized spacial score (nSPS) is 23.8. The Bertz CT molecular complexity index is 1120. The number of hydrogen-bond acceptors (Lipinski definition) is 3. The van der Waals surface area contributed by atoms with Crippen LogP contribution in [0.15, 0.2) is 77.7 Å². The summed E-state index contributed by atoms with van der Waals surface area (Å²) in [5.74, 6) is -0.0717. The Balaban J connectivity index is 1.79. The first-order valence-electron chi connectivity index (χ1n) is 9.92. The summed E-state index contributed by atoms with van der Waals surface area (Å²) in [7, 11) is -3.67. The molecular formula is C24H24BrNO3S. The van der Waals surface area contributed by atoms with Crippen LogP contribution in [0.2, 0.25) is 0 Å². The Morgan fingerprint density at radius 1 is 1.00 bits per heavy atom. The lowest BCUT2D eigenvalue weighted by Gasteiger charge is -2.48. The zero-order chi connectivity index (χ0) is 21.5. The molecular weight excluding hydrogens is 462 g/mol. The molecule has 1 aliphatic heterocycles. The second-order valence-electron chi connectivity index (χ2n) is 8.14. The monoisotopic (exact) mass is 485 g/mol. The van der Waals surface area contributed by atoms with E-state index >= 15 is 0 Å². The highest BCUT2D eigenvalue weighted by atomic mass is 79.9. The van der Waals surface area contributed by atoms with Gasteiger partial charge < -0.3 is 0 Å². The summed E-state index contributed by atoms with van der Waals surface area (Å²) in [6, 6.07) is 15.1. The smallest absolute Gasteiger partial charge is 0.243 e. The van der Waals surface area contributed by atoms with E-state index in [1.54, 1.807) is 24.3 Å². The molecule has 2 aromatic carbocycles. The van der Waals surface area contributed by atoms with Crippen LogP contribution < -0.4 is 0 Å². The van der Waals surface area contributed by atoms with Gasteiger partial charge in [-0.3, -0.25) is 4.79 Å². The maximum Gasteiger partial charge on any atom is 0.243 e. The van der Waals surface area contributed by atoms with Gasteiger partial charge in [-0.1, -0.05) is 70.0 Å². The van der Waals surface area contributed by atoms with E-state index in [1.165, 1.54) is 4.31 Å². The molecule has 156 valence electrons. The predicted molar refractivity (Wildman–Crippen MR) is 122 cm³/mol. The van der Waals surface area contributed by atoms with E-state index in [0.29, 0.717) is 6.54 Å². The van der Waals surface area contributed by atoms with Crippen molar-refractivity contribution in [1.29, 1.82) is 0 Å². The fourth-order valence-corrected chi connectivity index (χ4v) is 7.31. The summed E-state index contributed by atoms with van der Waals surface area (Å²) in [5.41, 5.74) is 2.72. The van der Waals surface area contributed by atoms with Crippen LogP contribution in [0, 0.1) is 19.3 Å². The Morgan fingerprint density at radius 3 is 2.27 bits per heavy atom. The summed E-state index contributed by atoms with van der Waals surface area (Å²) in [6.45, 7) is 4.64. The lowest BCUT2D eigenvalue weighted by atomic mass is 9.66. The van der Waals surface area contributed by atoms with E-state index in [1.807, 2.05) is 43.3 Å². The van der Waals surface area contributed by atoms with Crippen molar-refractivity contribution in [3.8, 4) is 0 Å². The fraction of sp³-hybridized carbons (Fsp3) is 0.292. The van der Waals surface area contributed by atoms with Crippen molar-refractivity contribution in [1.82, 2.24) is 4.31 Å². The van der Waals surface area contributed by atoms with Crippen LogP contribution in [0.3, 0.4) is 0 Å². The van der Waals surface area contributed by atoms with Crippen molar-refractivity contribution in [2.75, 3.05) is 13.1 Å². The van der Waals surface area contributed by atoms with Gasteiger partial charge in [-0.2, -0.15) is 4.31 Å². The van der Waals surface area contributed by atoms with Gasteiger partial charge >= 0.3 is 0 Å². The van der Waals surface area contributed by atoms with Crippen LogP contribution >= 0.6 is 15.9 Å². The number of rotatable bonds is 3. The number of sulfonamides is 1. The van der Waals surface area contributed by atoms with E-state index in [9.17, 15) is 13.2 Å². The average Bonchev–Trinajstić information content (AvgIpc) is 2.71. The summed E-state index contributed by atoms with van der Waals surface area (Å²) >= 11 is 3.81. The first kappa shape index (κ1) is 21.2. The third-order valence-electron chi connectivity index (χ3n) is 6.07. The molecule has 0 radical (unpaired) electrons. The van der Waals surface area contributed by atoms with Crippen LogP contribution in [0.5, 0.6) is 0 Å². The molecule has 2 atom stereocenters. The quantitative estimate of drug-likeness (QED) is 0.599. The van der Waals surface area contributed by atoms with Gasteiger partial charge in [-0.15, -0.1) is 0 Å². The topological polar surface area (TPSA) is 54.5 Å². The lowest BCUT2D eigenvalue weighted by molar-refractivity contribution is -0.110. The van der Waals surface area contributed by atoms with Gasteiger partial charge in [0, 0.05) is 29.2 Å². The Labute approximate surface area is 186 Å². The molecule has 1 fully saturated rings. The molecule has 0 unspecified atom stereocenters. The Kier molecular flexibility index (Phi) is 5.60. The van der Waals surface area contributed by atoms with Crippen LogP contribution in [-0.2, 0) is 14.8 Å². The predicted octanol–water partition coefficient (Wildman–Crippen LogP) is 4.54. The first-order valence-corrected chi connectivity index (χ1v) is 12.3. The first-order chi connectivity index (χ1) is 14.2. The molecule has 1 saturated heterocycles. The Morgan fingerprint density at radius 2 is 1.63 bits per heavy atom. The summed E-state index contributed by atoms with van der Waals surface area (Å²) in [6.07, 6.45) is 6.90. The molecule has 0 bridgehead atoms. The van der Waals surface area contributed by atoms with Crippen molar-refractivity contribution >= 4 is 31.7 Å². The molecule has 0 amide bonds. The molecule has 1 heterocycles. The lowest BCUT2D eigenvalue weighted by Crippen LogP contribution is -2.53. The second kappa shape index (κ2) is 7.91. The number of piperidine rings is 1. The summed E-state index contributed by atoms with van der Waals surface area (Å²) in [4.78, 5) is 12.1. The highest BCUT2D eigenvalue weighted by Gasteiger charge is 2.49. The van der Waals surface area contributed by atoms with Gasteiger partial charge in [-0.25, -0.2) is 8.42 Å². The highest BCUT2D eigenvalue weighted by molar-refractivity contribution is 9.09. The number of nitrogens with zero attached hydrogens (tertiary/aromatic N) is 1. The number of carbonyl (C=O) groups is 1. The number of hydrogen-bond donors (Lipinski definition) is 0. The molecule has 0 saturated carbocycles. The maximum atomic E-state index is 13.4. The van der Waals surface area contributed by atoms with Crippen LogP contribution in [0.4, 0.5) is 0 Å². The number of aryl methyl sites for hydroxylation is 2. The molecule has 0 N–H and O–H groups in total. The van der Waals surface area contributed by atoms with Gasteiger partial charge in [-0.05, 0) is 49.3 Å².